The summed E-state index contributed by atoms with van der Waals surface area (Å²) in [5.41, 5.74) is 3.73. The summed E-state index contributed by atoms with van der Waals surface area (Å²) in [6.07, 6.45) is 1.68. The van der Waals surface area contributed by atoms with Gasteiger partial charge in [0.15, 0.2) is 4.32 Å². The Kier molecular flexibility index (Phi) is 5.40. The first kappa shape index (κ1) is 17.9. The van der Waals surface area contributed by atoms with Crippen LogP contribution >= 0.6 is 46.6 Å². The highest BCUT2D eigenvalue weighted by Gasteiger charge is 2.33. The zero-order chi connectivity index (χ0) is 18.0. The maximum atomic E-state index is 12.5. The highest BCUT2D eigenvalue weighted by molar-refractivity contribution is 14.1. The molecule has 0 aliphatic carbocycles. The Morgan fingerprint density at radius 1 is 1.24 bits per heavy atom. The van der Waals surface area contributed by atoms with E-state index in [0.29, 0.717) is 14.0 Å². The fourth-order valence-corrected chi connectivity index (χ4v) is 3.80. The first-order chi connectivity index (χ1) is 12.0. The number of rotatable bonds is 3. The van der Waals surface area contributed by atoms with E-state index in [9.17, 15) is 14.7 Å². The SMILES string of the molecule is O=C(NN1C(=O)/C(=C/c2ccc(O)c(I)c2)SC1=S)c1ccccc1. The second kappa shape index (κ2) is 7.54. The quantitative estimate of drug-likeness (QED) is 0.398. The number of thioether (sulfide) groups is 1. The summed E-state index contributed by atoms with van der Waals surface area (Å²) in [5, 5.41) is 10.6. The molecule has 0 spiro atoms. The summed E-state index contributed by atoms with van der Waals surface area (Å²) in [6.45, 7) is 0. The van der Waals surface area contributed by atoms with Gasteiger partial charge in [-0.1, -0.05) is 36.0 Å². The van der Waals surface area contributed by atoms with E-state index < -0.39 is 5.91 Å². The number of phenolic OH excluding ortho intramolecular Hbond substituents is 1. The molecule has 8 heteroatoms. The number of halogens is 1. The molecule has 25 heavy (non-hydrogen) atoms. The molecule has 0 unspecified atom stereocenters. The first-order valence-electron chi connectivity index (χ1n) is 7.08. The van der Waals surface area contributed by atoms with E-state index in [-0.39, 0.29) is 16.0 Å². The minimum Gasteiger partial charge on any atom is -0.507 e. The number of thiocarbonyl (C=S) groups is 1. The Balaban J connectivity index is 1.79. The normalized spacial score (nSPS) is 15.7. The molecule has 0 radical (unpaired) electrons. The third-order valence-electron chi connectivity index (χ3n) is 3.31. The minimum atomic E-state index is -0.405. The molecule has 2 aromatic rings. The van der Waals surface area contributed by atoms with Crippen molar-refractivity contribution in [1.82, 2.24) is 10.4 Å². The van der Waals surface area contributed by atoms with E-state index in [1.807, 2.05) is 22.6 Å². The van der Waals surface area contributed by atoms with E-state index in [1.54, 1.807) is 54.6 Å². The maximum Gasteiger partial charge on any atom is 0.285 e. The lowest BCUT2D eigenvalue weighted by Crippen LogP contribution is -2.44. The van der Waals surface area contributed by atoms with Crippen molar-refractivity contribution in [2.45, 2.75) is 0 Å². The van der Waals surface area contributed by atoms with Crippen molar-refractivity contribution in [3.05, 3.63) is 68.1 Å². The van der Waals surface area contributed by atoms with Crippen LogP contribution in [0.3, 0.4) is 0 Å². The first-order valence-corrected chi connectivity index (χ1v) is 9.38. The van der Waals surface area contributed by atoms with Crippen LogP contribution in [-0.4, -0.2) is 26.3 Å². The summed E-state index contributed by atoms with van der Waals surface area (Å²) in [4.78, 5) is 25.1. The summed E-state index contributed by atoms with van der Waals surface area (Å²) >= 11 is 8.32. The number of phenols is 1. The molecule has 5 nitrogen and oxygen atoms in total. The average molecular weight is 482 g/mol. The fourth-order valence-electron chi connectivity index (χ4n) is 2.08. The van der Waals surface area contributed by atoms with Crippen LogP contribution in [0.4, 0.5) is 0 Å². The van der Waals surface area contributed by atoms with Gasteiger partial charge in [0.25, 0.3) is 11.8 Å². The van der Waals surface area contributed by atoms with Crippen molar-refractivity contribution >= 4 is 68.8 Å². The minimum absolute atomic E-state index is 0.181. The van der Waals surface area contributed by atoms with E-state index in [1.165, 1.54) is 0 Å². The predicted octanol–water partition coefficient (Wildman–Crippen LogP) is 3.54. The summed E-state index contributed by atoms with van der Waals surface area (Å²) in [5.74, 6) is -0.611. The molecule has 0 aromatic heterocycles. The molecule has 2 aromatic carbocycles. The second-order valence-electron chi connectivity index (χ2n) is 5.03. The highest BCUT2D eigenvalue weighted by atomic mass is 127. The Morgan fingerprint density at radius 2 is 1.96 bits per heavy atom. The molecule has 1 aliphatic rings. The van der Waals surface area contributed by atoms with Crippen molar-refractivity contribution in [3.63, 3.8) is 0 Å². The average Bonchev–Trinajstić information content (AvgIpc) is 2.86. The Morgan fingerprint density at radius 3 is 2.64 bits per heavy atom. The third-order valence-corrected chi connectivity index (χ3v) is 5.48. The predicted molar refractivity (Wildman–Crippen MR) is 110 cm³/mol. The van der Waals surface area contributed by atoms with Gasteiger partial charge in [-0.05, 0) is 70.7 Å². The Labute approximate surface area is 167 Å². The van der Waals surface area contributed by atoms with Crippen LogP contribution in [0.15, 0.2) is 53.4 Å². The molecule has 126 valence electrons. The number of amides is 2. The second-order valence-corrected chi connectivity index (χ2v) is 7.87. The van der Waals surface area contributed by atoms with Crippen molar-refractivity contribution in [1.29, 1.82) is 0 Å². The molecule has 3 rings (SSSR count). The summed E-state index contributed by atoms with van der Waals surface area (Å²) in [7, 11) is 0. The molecular weight excluding hydrogens is 471 g/mol. The number of aromatic hydroxyl groups is 1. The van der Waals surface area contributed by atoms with Gasteiger partial charge in [0.2, 0.25) is 0 Å². The standard InChI is InChI=1S/C17H11IN2O3S2/c18-12-8-10(6-7-13(12)21)9-14-16(23)20(17(24)25-14)19-15(22)11-4-2-1-3-5-11/h1-9,21H,(H,19,22)/b14-9-. The van der Waals surface area contributed by atoms with E-state index >= 15 is 0 Å². The lowest BCUT2D eigenvalue weighted by atomic mass is 10.2. The number of nitrogens with one attached hydrogen (secondary N) is 1. The lowest BCUT2D eigenvalue weighted by Gasteiger charge is -2.15. The molecule has 1 saturated heterocycles. The van der Waals surface area contributed by atoms with Crippen LogP contribution in [-0.2, 0) is 4.79 Å². The van der Waals surface area contributed by atoms with E-state index in [2.05, 4.69) is 5.43 Å². The number of hydrazine groups is 1. The van der Waals surface area contributed by atoms with E-state index in [4.69, 9.17) is 12.2 Å². The lowest BCUT2D eigenvalue weighted by molar-refractivity contribution is -0.123. The van der Waals surface area contributed by atoms with Gasteiger partial charge >= 0.3 is 0 Å². The molecule has 1 heterocycles. The van der Waals surface area contributed by atoms with Gasteiger partial charge in [0.1, 0.15) is 5.75 Å². The number of nitrogens with zero attached hydrogens (tertiary/aromatic N) is 1. The molecule has 0 atom stereocenters. The van der Waals surface area contributed by atoms with Crippen LogP contribution in [0.2, 0.25) is 0 Å². The third kappa shape index (κ3) is 4.02. The number of hydrogen-bond acceptors (Lipinski definition) is 5. The molecule has 1 fully saturated rings. The van der Waals surface area contributed by atoms with Gasteiger partial charge in [-0.3, -0.25) is 15.0 Å². The molecule has 2 N–H and O–H groups in total. The zero-order valence-electron chi connectivity index (χ0n) is 12.6. The maximum absolute atomic E-state index is 12.5. The van der Waals surface area contributed by atoms with Gasteiger partial charge in [-0.25, -0.2) is 0 Å². The fraction of sp³-hybridized carbons (Fsp3) is 0. The Bertz CT molecular complexity index is 900. The molecular formula is C17H11IN2O3S2. The van der Waals surface area contributed by atoms with Crippen LogP contribution in [0, 0.1) is 3.57 Å². The van der Waals surface area contributed by atoms with Crippen LogP contribution in [0.25, 0.3) is 6.08 Å². The number of benzene rings is 2. The van der Waals surface area contributed by atoms with E-state index in [0.717, 1.165) is 22.3 Å². The number of hydrogen-bond donors (Lipinski definition) is 2. The van der Waals surface area contributed by atoms with Gasteiger partial charge in [-0.15, -0.1) is 0 Å². The van der Waals surface area contributed by atoms with Crippen molar-refractivity contribution in [2.75, 3.05) is 0 Å². The number of carbonyl (C=O) groups is 2. The van der Waals surface area contributed by atoms with Crippen LogP contribution < -0.4 is 5.43 Å². The Hall–Kier alpha value is -1.91. The van der Waals surface area contributed by atoms with Crippen molar-refractivity contribution < 1.29 is 14.7 Å². The van der Waals surface area contributed by atoms with Gasteiger partial charge in [-0.2, -0.15) is 5.01 Å². The van der Waals surface area contributed by atoms with Crippen LogP contribution in [0.1, 0.15) is 15.9 Å². The summed E-state index contributed by atoms with van der Waals surface area (Å²) < 4.78 is 0.938. The smallest absolute Gasteiger partial charge is 0.285 e. The monoisotopic (exact) mass is 482 g/mol. The summed E-state index contributed by atoms with van der Waals surface area (Å²) in [6, 6.07) is 13.6. The number of carbonyl (C=O) groups excluding carboxylic acids is 2. The van der Waals surface area contributed by atoms with Gasteiger partial charge in [0, 0.05) is 5.56 Å². The molecule has 0 saturated carbocycles. The largest absolute Gasteiger partial charge is 0.507 e. The molecule has 1 aliphatic heterocycles. The highest BCUT2D eigenvalue weighted by Crippen LogP contribution is 2.32. The van der Waals surface area contributed by atoms with Crippen LogP contribution in [0.5, 0.6) is 5.75 Å². The zero-order valence-corrected chi connectivity index (χ0v) is 16.4. The topological polar surface area (TPSA) is 69.6 Å². The van der Waals surface area contributed by atoms with Crippen molar-refractivity contribution in [3.8, 4) is 5.75 Å². The molecule has 0 bridgehead atoms. The van der Waals surface area contributed by atoms with Gasteiger partial charge in [0.05, 0.1) is 8.48 Å². The van der Waals surface area contributed by atoms with Gasteiger partial charge < -0.3 is 5.11 Å². The molecule has 2 amide bonds. The van der Waals surface area contributed by atoms with Crippen molar-refractivity contribution in [2.24, 2.45) is 0 Å².